The lowest BCUT2D eigenvalue weighted by atomic mass is 10.1. The number of phosphoric acid groups is 1. The zero-order valence-electron chi connectivity index (χ0n) is 34.2. The Morgan fingerprint density at radius 2 is 1.09 bits per heavy atom. The number of hydrogen-bond donors (Lipinski definition) is 3. The van der Waals surface area contributed by atoms with Gasteiger partial charge in [0.05, 0.1) is 12.7 Å². The van der Waals surface area contributed by atoms with Gasteiger partial charge in [-0.25, -0.2) is 4.57 Å². The average Bonchev–Trinajstić information content (AvgIpc) is 3.15. The predicted molar refractivity (Wildman–Crippen MR) is 226 cm³/mol. The minimum Gasteiger partial charge on any atom is -0.462 e. The molecule has 314 valence electrons. The van der Waals surface area contributed by atoms with Crippen molar-refractivity contribution in [2.24, 2.45) is 0 Å². The third-order valence-electron chi connectivity index (χ3n) is 8.50. The van der Waals surface area contributed by atoms with Crippen molar-refractivity contribution in [1.29, 1.82) is 0 Å². The molecule has 0 saturated carbocycles. The highest BCUT2D eigenvalue weighted by atomic mass is 31.2. The predicted octanol–water partition coefficient (Wildman–Crippen LogP) is 11.8. The van der Waals surface area contributed by atoms with E-state index < -0.39 is 38.6 Å². The standard InChI is InChI=1S/C45H75O9P/c1-3-5-7-9-11-13-15-17-18-19-20-21-22-24-26-28-30-32-34-38-45(48)54-43(41-53-55(49,50)51)40-52-44(47)39-35-37-42(46)36-33-31-29-27-25-23-16-14-12-10-8-6-4-2/h6,8,11-14,17-18,23,25,29,31,33,36,42-43,46H,3-5,7,9-10,15-16,19-22,24,26-28,30,32,34-35,37-41H2,1-2H3,(H2,49,50,51)/b8-6-,13-11-,14-12-,18-17-,25-23-,31-29-,36-33+/t42?,43-/m1/s1. The first kappa shape index (κ1) is 52.2. The first-order valence-corrected chi connectivity index (χ1v) is 22.5. The Kier molecular flexibility index (Phi) is 37.4. The smallest absolute Gasteiger partial charge is 0.462 e. The maximum Gasteiger partial charge on any atom is 0.469 e. The Morgan fingerprint density at radius 3 is 1.67 bits per heavy atom. The van der Waals surface area contributed by atoms with Crippen LogP contribution in [0.5, 0.6) is 0 Å². The number of esters is 2. The molecule has 1 unspecified atom stereocenters. The van der Waals surface area contributed by atoms with E-state index in [1.807, 2.05) is 12.2 Å². The van der Waals surface area contributed by atoms with Crippen molar-refractivity contribution in [3.63, 3.8) is 0 Å². The number of carbonyl (C=O) groups excluding carboxylic acids is 2. The molecule has 3 N–H and O–H groups in total. The summed E-state index contributed by atoms with van der Waals surface area (Å²) in [6, 6.07) is 0. The van der Waals surface area contributed by atoms with Crippen LogP contribution >= 0.6 is 7.82 Å². The molecule has 0 aromatic rings. The number of aliphatic hydroxyl groups is 1. The first-order chi connectivity index (χ1) is 26.7. The Hall–Kier alpha value is -2.81. The SMILES string of the molecule is CC/C=C\C/C=C\C/C=C\C/C=C\C=C\C(O)CCCC(=O)OC[C@H](COP(=O)(O)O)OC(=O)CCCCCCCCCCC/C=C\C/C=C\CCCCC. The highest BCUT2D eigenvalue weighted by Gasteiger charge is 2.23. The van der Waals surface area contributed by atoms with Crippen molar-refractivity contribution < 1.29 is 43.0 Å². The highest BCUT2D eigenvalue weighted by molar-refractivity contribution is 7.46. The topological polar surface area (TPSA) is 140 Å². The Labute approximate surface area is 334 Å². The number of aliphatic hydroxyl groups excluding tert-OH is 1. The van der Waals surface area contributed by atoms with Gasteiger partial charge in [-0.15, -0.1) is 0 Å². The van der Waals surface area contributed by atoms with Crippen LogP contribution in [0.3, 0.4) is 0 Å². The Bertz CT molecular complexity index is 1180. The molecule has 0 aromatic carbocycles. The summed E-state index contributed by atoms with van der Waals surface area (Å²) < 4.78 is 26.3. The largest absolute Gasteiger partial charge is 0.469 e. The first-order valence-electron chi connectivity index (χ1n) is 21.0. The van der Waals surface area contributed by atoms with Crippen molar-refractivity contribution in [3.8, 4) is 0 Å². The quantitative estimate of drug-likeness (QED) is 0.0184. The van der Waals surface area contributed by atoms with E-state index in [1.165, 1.54) is 57.8 Å². The van der Waals surface area contributed by atoms with Gasteiger partial charge in [-0.05, 0) is 77.0 Å². The van der Waals surface area contributed by atoms with Crippen LogP contribution in [0.2, 0.25) is 0 Å². The summed E-state index contributed by atoms with van der Waals surface area (Å²) in [5.41, 5.74) is 0. The summed E-state index contributed by atoms with van der Waals surface area (Å²) >= 11 is 0. The Morgan fingerprint density at radius 1 is 0.582 bits per heavy atom. The molecule has 0 radical (unpaired) electrons. The summed E-state index contributed by atoms with van der Waals surface area (Å²) in [4.78, 5) is 42.9. The molecule has 0 aliphatic carbocycles. The van der Waals surface area contributed by atoms with Crippen molar-refractivity contribution in [1.82, 2.24) is 0 Å². The van der Waals surface area contributed by atoms with Gasteiger partial charge in [-0.2, -0.15) is 0 Å². The average molecular weight is 791 g/mol. The molecule has 0 bridgehead atoms. The van der Waals surface area contributed by atoms with Gasteiger partial charge in [0.1, 0.15) is 6.61 Å². The van der Waals surface area contributed by atoms with E-state index in [0.29, 0.717) is 19.3 Å². The van der Waals surface area contributed by atoms with Crippen molar-refractivity contribution in [2.45, 2.75) is 174 Å². The second-order valence-electron chi connectivity index (χ2n) is 13.8. The number of ether oxygens (including phenoxy) is 2. The number of carbonyl (C=O) groups is 2. The molecule has 0 heterocycles. The molecular formula is C45H75O9P. The molecule has 0 aliphatic heterocycles. The van der Waals surface area contributed by atoms with Crippen LogP contribution in [0.4, 0.5) is 0 Å². The molecule has 0 rings (SSSR count). The highest BCUT2D eigenvalue weighted by Crippen LogP contribution is 2.36. The summed E-state index contributed by atoms with van der Waals surface area (Å²) in [6.07, 6.45) is 49.0. The Balaban J connectivity index is 4.12. The van der Waals surface area contributed by atoms with Gasteiger partial charge in [0.2, 0.25) is 0 Å². The number of allylic oxidation sites excluding steroid dienone is 13. The lowest BCUT2D eigenvalue weighted by Gasteiger charge is -2.18. The van der Waals surface area contributed by atoms with Crippen LogP contribution in [-0.2, 0) is 28.2 Å². The normalized spacial score (nSPS) is 13.9. The molecule has 55 heavy (non-hydrogen) atoms. The van der Waals surface area contributed by atoms with Gasteiger partial charge in [-0.1, -0.05) is 157 Å². The van der Waals surface area contributed by atoms with Crippen LogP contribution in [0.1, 0.15) is 162 Å². The van der Waals surface area contributed by atoms with Gasteiger partial charge in [-0.3, -0.25) is 14.1 Å². The number of hydrogen-bond acceptors (Lipinski definition) is 7. The monoisotopic (exact) mass is 791 g/mol. The third kappa shape index (κ3) is 42.2. The van der Waals surface area contributed by atoms with Crippen LogP contribution in [-0.4, -0.2) is 52.3 Å². The van der Waals surface area contributed by atoms with E-state index in [0.717, 1.165) is 57.8 Å². The van der Waals surface area contributed by atoms with Crippen LogP contribution < -0.4 is 0 Å². The van der Waals surface area contributed by atoms with E-state index in [9.17, 15) is 19.3 Å². The van der Waals surface area contributed by atoms with E-state index in [4.69, 9.17) is 19.3 Å². The molecule has 10 heteroatoms. The fourth-order valence-electron chi connectivity index (χ4n) is 5.37. The molecular weight excluding hydrogens is 715 g/mol. The zero-order chi connectivity index (χ0) is 40.5. The molecule has 0 spiro atoms. The van der Waals surface area contributed by atoms with Gasteiger partial charge in [0.25, 0.3) is 0 Å². The molecule has 9 nitrogen and oxygen atoms in total. The molecule has 0 saturated heterocycles. The number of unbranched alkanes of at least 4 members (excludes halogenated alkanes) is 12. The molecule has 0 aliphatic rings. The van der Waals surface area contributed by atoms with Gasteiger partial charge >= 0.3 is 19.8 Å². The second-order valence-corrected chi connectivity index (χ2v) is 15.0. The van der Waals surface area contributed by atoms with E-state index in [1.54, 1.807) is 12.2 Å². The third-order valence-corrected chi connectivity index (χ3v) is 8.99. The molecule has 0 fully saturated rings. The number of rotatable bonds is 37. The maximum absolute atomic E-state index is 12.4. The molecule has 2 atom stereocenters. The summed E-state index contributed by atoms with van der Waals surface area (Å²) in [5, 5.41) is 10.2. The summed E-state index contributed by atoms with van der Waals surface area (Å²) in [5.74, 6) is -1.10. The van der Waals surface area contributed by atoms with Gasteiger partial charge in [0, 0.05) is 12.8 Å². The summed E-state index contributed by atoms with van der Waals surface area (Å²) in [6.45, 7) is 3.37. The van der Waals surface area contributed by atoms with E-state index in [-0.39, 0.29) is 19.4 Å². The van der Waals surface area contributed by atoms with Crippen LogP contribution in [0.25, 0.3) is 0 Å². The minimum absolute atomic E-state index is 0.0313. The maximum atomic E-state index is 12.4. The van der Waals surface area contributed by atoms with E-state index in [2.05, 4.69) is 79.1 Å². The van der Waals surface area contributed by atoms with Crippen molar-refractivity contribution >= 4 is 19.8 Å². The molecule has 0 amide bonds. The van der Waals surface area contributed by atoms with Crippen LogP contribution in [0, 0.1) is 0 Å². The summed E-state index contributed by atoms with van der Waals surface area (Å²) in [7, 11) is -4.81. The fraction of sp³-hybridized carbons (Fsp3) is 0.644. The van der Waals surface area contributed by atoms with Crippen molar-refractivity contribution in [2.75, 3.05) is 13.2 Å². The lowest BCUT2D eigenvalue weighted by Crippen LogP contribution is -2.29. The lowest BCUT2D eigenvalue weighted by molar-refractivity contribution is -0.161. The van der Waals surface area contributed by atoms with Gasteiger partial charge in [0.15, 0.2) is 6.10 Å². The van der Waals surface area contributed by atoms with Gasteiger partial charge < -0.3 is 24.4 Å². The fourth-order valence-corrected chi connectivity index (χ4v) is 5.73. The van der Waals surface area contributed by atoms with E-state index >= 15 is 0 Å². The molecule has 0 aromatic heterocycles. The van der Waals surface area contributed by atoms with Crippen LogP contribution in [0.15, 0.2) is 85.1 Å². The second kappa shape index (κ2) is 39.4. The number of phosphoric ester groups is 1. The van der Waals surface area contributed by atoms with Crippen molar-refractivity contribution in [3.05, 3.63) is 85.1 Å². The zero-order valence-corrected chi connectivity index (χ0v) is 35.0. The minimum atomic E-state index is -4.81.